The number of hydrogen-bond donors (Lipinski definition) is 0. The summed E-state index contributed by atoms with van der Waals surface area (Å²) in [6, 6.07) is 20.3. The van der Waals surface area contributed by atoms with E-state index in [1.807, 2.05) is 0 Å². The highest BCUT2D eigenvalue weighted by atomic mass is 14.1. The van der Waals surface area contributed by atoms with E-state index in [0.717, 1.165) is 6.42 Å². The van der Waals surface area contributed by atoms with Crippen LogP contribution in [0.25, 0.3) is 21.5 Å². The second kappa shape index (κ2) is 14.3. The van der Waals surface area contributed by atoms with Crippen molar-refractivity contribution in [3.05, 3.63) is 67.1 Å². The Morgan fingerprint density at radius 3 is 1.52 bits per heavy atom. The maximum atomic E-state index is 3.92. The summed E-state index contributed by atoms with van der Waals surface area (Å²) in [7, 11) is 0. The first kappa shape index (κ1) is 23.8. The summed E-state index contributed by atoms with van der Waals surface area (Å²) in [5, 5.41) is 5.53. The summed E-state index contributed by atoms with van der Waals surface area (Å²) in [5.74, 6) is 0. The highest BCUT2D eigenvalue weighted by molar-refractivity contribution is 5.99. The van der Waals surface area contributed by atoms with Gasteiger partial charge in [0.25, 0.3) is 0 Å². The number of hydrogen-bond acceptors (Lipinski definition) is 0. The fourth-order valence-electron chi connectivity index (χ4n) is 4.86. The van der Waals surface area contributed by atoms with Crippen molar-refractivity contribution in [3.63, 3.8) is 0 Å². The van der Waals surface area contributed by atoms with Gasteiger partial charge in [-0.15, -0.1) is 0 Å². The van der Waals surface area contributed by atoms with Crippen molar-refractivity contribution in [2.24, 2.45) is 0 Å². The van der Waals surface area contributed by atoms with Crippen molar-refractivity contribution < 1.29 is 0 Å². The van der Waals surface area contributed by atoms with Gasteiger partial charge in [0.05, 0.1) is 0 Å². The largest absolute Gasteiger partial charge is 0.0616 e. The zero-order valence-corrected chi connectivity index (χ0v) is 19.7. The van der Waals surface area contributed by atoms with Crippen LogP contribution in [-0.2, 0) is 6.42 Å². The lowest BCUT2D eigenvalue weighted by Crippen LogP contribution is -1.89. The summed E-state index contributed by atoms with van der Waals surface area (Å²) in [4.78, 5) is 0. The van der Waals surface area contributed by atoms with Gasteiger partial charge in [-0.25, -0.2) is 0 Å². The Morgan fingerprint density at radius 1 is 0.452 bits per heavy atom. The van der Waals surface area contributed by atoms with Gasteiger partial charge in [0.1, 0.15) is 0 Å². The second-order valence-corrected chi connectivity index (χ2v) is 9.39. The molecule has 1 radical (unpaired) electrons. The Bertz CT molecular complexity index is 875. The summed E-state index contributed by atoms with van der Waals surface area (Å²) < 4.78 is 0. The number of rotatable bonds is 16. The molecule has 0 bridgehead atoms. The lowest BCUT2D eigenvalue weighted by atomic mass is 9.96. The van der Waals surface area contributed by atoms with Gasteiger partial charge in [0, 0.05) is 0 Å². The lowest BCUT2D eigenvalue weighted by Gasteiger charge is -2.09. The lowest BCUT2D eigenvalue weighted by molar-refractivity contribution is 0.533. The molecule has 0 fully saturated rings. The Balaban J connectivity index is 1.25. The molecule has 0 unspecified atom stereocenters. The molecule has 0 aromatic heterocycles. The number of unbranched alkanes of at least 4 members (excludes halogenated alkanes) is 14. The molecule has 0 aliphatic rings. The van der Waals surface area contributed by atoms with Crippen LogP contribution in [0.3, 0.4) is 0 Å². The SMILES string of the molecule is [CH2]CCCCCCCCCCCCCCCCc1cccc2cc3ccccc3cc12. The second-order valence-electron chi connectivity index (χ2n) is 9.39. The molecule has 0 nitrogen and oxygen atoms in total. The molecule has 167 valence electrons. The van der Waals surface area contributed by atoms with Crippen molar-refractivity contribution in [1.82, 2.24) is 0 Å². The first-order valence-electron chi connectivity index (χ1n) is 13.1. The van der Waals surface area contributed by atoms with Crippen LogP contribution >= 0.6 is 0 Å². The first-order valence-corrected chi connectivity index (χ1v) is 13.1. The predicted octanol–water partition coefficient (Wildman–Crippen LogP) is 10.2. The fraction of sp³-hybridized carbons (Fsp3) is 0.516. The third-order valence-electron chi connectivity index (χ3n) is 6.78. The molecule has 3 rings (SSSR count). The van der Waals surface area contributed by atoms with E-state index >= 15 is 0 Å². The molecule has 31 heavy (non-hydrogen) atoms. The van der Waals surface area contributed by atoms with Crippen molar-refractivity contribution in [3.8, 4) is 0 Å². The Morgan fingerprint density at radius 2 is 0.935 bits per heavy atom. The van der Waals surface area contributed by atoms with Crippen LogP contribution in [0.2, 0.25) is 0 Å². The molecule has 3 aromatic carbocycles. The van der Waals surface area contributed by atoms with Gasteiger partial charge in [0.2, 0.25) is 0 Å². The maximum absolute atomic E-state index is 3.92. The molecule has 0 heterocycles. The Hall–Kier alpha value is -1.82. The van der Waals surface area contributed by atoms with E-state index in [0.29, 0.717) is 0 Å². The highest BCUT2D eigenvalue weighted by Crippen LogP contribution is 2.26. The van der Waals surface area contributed by atoms with Crippen molar-refractivity contribution in [2.75, 3.05) is 0 Å². The standard InChI is InChI=1S/C31H43/c1-2-3-4-5-6-7-8-9-10-11-12-13-14-15-16-20-27-23-19-24-30-25-28-21-17-18-22-29(28)26-31(27)30/h17-19,21-26H,1-16,20H2. The topological polar surface area (TPSA) is 0 Å². The van der Waals surface area contributed by atoms with Crippen LogP contribution in [-0.4, -0.2) is 0 Å². The van der Waals surface area contributed by atoms with Crippen LogP contribution < -0.4 is 0 Å². The smallest absolute Gasteiger partial charge is 0.0146 e. The summed E-state index contributed by atoms with van der Waals surface area (Å²) >= 11 is 0. The molecule has 0 saturated carbocycles. The van der Waals surface area contributed by atoms with E-state index in [9.17, 15) is 0 Å². The molecule has 0 amide bonds. The number of fused-ring (bicyclic) bond motifs is 2. The zero-order chi connectivity index (χ0) is 21.6. The summed E-state index contributed by atoms with van der Waals surface area (Å²) in [6.07, 6.45) is 22.1. The van der Waals surface area contributed by atoms with Gasteiger partial charge in [0.15, 0.2) is 0 Å². The molecule has 0 aliphatic heterocycles. The van der Waals surface area contributed by atoms with Gasteiger partial charge in [-0.1, -0.05) is 139 Å². The Labute approximate surface area is 191 Å². The van der Waals surface area contributed by atoms with E-state index in [4.69, 9.17) is 0 Å². The predicted molar refractivity (Wildman–Crippen MR) is 140 cm³/mol. The zero-order valence-electron chi connectivity index (χ0n) is 19.7. The van der Waals surface area contributed by atoms with E-state index in [-0.39, 0.29) is 0 Å². The number of aryl methyl sites for hydroxylation is 1. The Kier molecular flexibility index (Phi) is 11.0. The van der Waals surface area contributed by atoms with Crippen LogP contribution in [0.5, 0.6) is 0 Å². The van der Waals surface area contributed by atoms with Crippen molar-refractivity contribution in [2.45, 2.75) is 103 Å². The van der Waals surface area contributed by atoms with Crippen molar-refractivity contribution >= 4 is 21.5 Å². The quantitative estimate of drug-likeness (QED) is 0.161. The van der Waals surface area contributed by atoms with Crippen LogP contribution in [0.1, 0.15) is 102 Å². The summed E-state index contributed by atoms with van der Waals surface area (Å²) in [5.41, 5.74) is 1.52. The molecule has 0 saturated heterocycles. The van der Waals surface area contributed by atoms with Crippen molar-refractivity contribution in [1.29, 1.82) is 0 Å². The number of benzene rings is 3. The summed E-state index contributed by atoms with van der Waals surface area (Å²) in [6.45, 7) is 3.92. The average molecular weight is 416 g/mol. The minimum absolute atomic E-state index is 1.11. The molecule has 0 spiro atoms. The molecule has 3 aromatic rings. The van der Waals surface area contributed by atoms with Gasteiger partial charge in [-0.3, -0.25) is 0 Å². The minimum atomic E-state index is 1.11. The molecule has 0 aliphatic carbocycles. The minimum Gasteiger partial charge on any atom is -0.0616 e. The third-order valence-corrected chi connectivity index (χ3v) is 6.78. The van der Waals surface area contributed by atoms with Crippen LogP contribution in [0, 0.1) is 6.92 Å². The fourth-order valence-corrected chi connectivity index (χ4v) is 4.86. The van der Waals surface area contributed by atoms with E-state index in [1.165, 1.54) is 123 Å². The molecular formula is C31H43. The third kappa shape index (κ3) is 8.32. The van der Waals surface area contributed by atoms with E-state index < -0.39 is 0 Å². The molecular weight excluding hydrogens is 372 g/mol. The maximum Gasteiger partial charge on any atom is -0.0146 e. The van der Waals surface area contributed by atoms with Crippen LogP contribution in [0.15, 0.2) is 54.6 Å². The van der Waals surface area contributed by atoms with Crippen LogP contribution in [0.4, 0.5) is 0 Å². The molecule has 0 N–H and O–H groups in total. The van der Waals surface area contributed by atoms with E-state index in [2.05, 4.69) is 61.5 Å². The van der Waals surface area contributed by atoms with Gasteiger partial charge >= 0.3 is 0 Å². The van der Waals surface area contributed by atoms with Gasteiger partial charge in [-0.05, 0) is 52.1 Å². The normalized spacial score (nSPS) is 11.5. The molecule has 0 atom stereocenters. The van der Waals surface area contributed by atoms with E-state index in [1.54, 1.807) is 0 Å². The van der Waals surface area contributed by atoms with Gasteiger partial charge < -0.3 is 0 Å². The first-order chi connectivity index (χ1) is 15.4. The highest BCUT2D eigenvalue weighted by Gasteiger charge is 2.03. The van der Waals surface area contributed by atoms with Gasteiger partial charge in [-0.2, -0.15) is 0 Å². The monoisotopic (exact) mass is 415 g/mol. The average Bonchev–Trinajstić information content (AvgIpc) is 2.80. The molecule has 0 heteroatoms.